The molecule has 4 nitrogen and oxygen atoms in total. The number of aromatic nitrogens is 2. The molecule has 2 heterocycles. The number of nitrogens with one attached hydrogen (secondary N) is 1. The molecule has 1 fully saturated rings. The van der Waals surface area contributed by atoms with Crippen LogP contribution in [0.15, 0.2) is 60.8 Å². The van der Waals surface area contributed by atoms with E-state index in [1.807, 2.05) is 6.20 Å². The van der Waals surface area contributed by atoms with E-state index in [2.05, 4.69) is 76.6 Å². The molecule has 3 N–H and O–H groups in total. The normalized spacial score (nSPS) is 20.5. The lowest BCUT2D eigenvalue weighted by Gasteiger charge is -2.17. The van der Waals surface area contributed by atoms with Crippen molar-refractivity contribution < 1.29 is 0 Å². The Labute approximate surface area is 155 Å². The Hall–Kier alpha value is -2.43. The number of nitrogens with two attached hydrogens (primary N) is 1. The van der Waals surface area contributed by atoms with Crippen LogP contribution in [0.1, 0.15) is 22.6 Å². The van der Waals surface area contributed by atoms with Crippen LogP contribution in [0.25, 0.3) is 11.3 Å². The lowest BCUT2D eigenvalue weighted by atomic mass is 9.89. The van der Waals surface area contributed by atoms with Crippen LogP contribution in [-0.4, -0.2) is 34.7 Å². The molecule has 2 aromatic carbocycles. The Balaban J connectivity index is 1.52. The van der Waals surface area contributed by atoms with E-state index in [1.54, 1.807) is 0 Å². The summed E-state index contributed by atoms with van der Waals surface area (Å²) in [5, 5.41) is 7.49. The van der Waals surface area contributed by atoms with Crippen LogP contribution >= 0.6 is 0 Å². The van der Waals surface area contributed by atoms with E-state index in [0.717, 1.165) is 31.9 Å². The predicted molar refractivity (Wildman–Crippen MR) is 106 cm³/mol. The Morgan fingerprint density at radius 1 is 1.08 bits per heavy atom. The van der Waals surface area contributed by atoms with Crippen molar-refractivity contribution in [2.45, 2.75) is 19.4 Å². The van der Waals surface area contributed by atoms with Crippen molar-refractivity contribution in [3.63, 3.8) is 0 Å². The molecular weight excluding hydrogens is 320 g/mol. The second kappa shape index (κ2) is 7.44. The fourth-order valence-corrected chi connectivity index (χ4v) is 4.05. The van der Waals surface area contributed by atoms with Crippen LogP contribution in [0.5, 0.6) is 0 Å². The molecule has 0 saturated carbocycles. The van der Waals surface area contributed by atoms with Gasteiger partial charge in [-0.05, 0) is 30.5 Å². The first-order chi connectivity index (χ1) is 12.7. The quantitative estimate of drug-likeness (QED) is 0.743. The molecule has 134 valence electrons. The van der Waals surface area contributed by atoms with Gasteiger partial charge in [-0.1, -0.05) is 60.2 Å². The van der Waals surface area contributed by atoms with E-state index in [9.17, 15) is 0 Å². The Bertz CT molecular complexity index is 838. The van der Waals surface area contributed by atoms with E-state index < -0.39 is 0 Å². The van der Waals surface area contributed by atoms with Gasteiger partial charge in [-0.2, -0.15) is 5.10 Å². The molecule has 2 atom stereocenters. The number of H-pyrrole nitrogens is 1. The summed E-state index contributed by atoms with van der Waals surface area (Å²) in [4.78, 5) is 2.51. The molecule has 3 aromatic rings. The SMILES string of the molecule is Cc1ccc(-c2[nH]ncc2CN2C[C@@H](CN)[C@H](c3ccccc3)C2)cc1. The molecule has 1 saturated heterocycles. The zero-order chi connectivity index (χ0) is 17.9. The first-order valence-corrected chi connectivity index (χ1v) is 9.31. The van der Waals surface area contributed by atoms with E-state index in [4.69, 9.17) is 5.73 Å². The number of rotatable bonds is 5. The van der Waals surface area contributed by atoms with Crippen molar-refractivity contribution in [2.24, 2.45) is 11.7 Å². The number of hydrogen-bond acceptors (Lipinski definition) is 3. The Morgan fingerprint density at radius 3 is 2.58 bits per heavy atom. The van der Waals surface area contributed by atoms with Gasteiger partial charge in [-0.3, -0.25) is 10.00 Å². The van der Waals surface area contributed by atoms with Crippen LogP contribution in [0.4, 0.5) is 0 Å². The third-order valence-corrected chi connectivity index (χ3v) is 5.50. The highest BCUT2D eigenvalue weighted by Gasteiger charge is 2.33. The highest BCUT2D eigenvalue weighted by atomic mass is 15.2. The number of aryl methyl sites for hydroxylation is 1. The van der Waals surface area contributed by atoms with Gasteiger partial charge >= 0.3 is 0 Å². The number of likely N-dealkylation sites (tertiary alicyclic amines) is 1. The van der Waals surface area contributed by atoms with E-state index in [-0.39, 0.29) is 0 Å². The number of hydrogen-bond donors (Lipinski definition) is 2. The van der Waals surface area contributed by atoms with Crippen LogP contribution in [-0.2, 0) is 6.54 Å². The first kappa shape index (κ1) is 17.0. The maximum atomic E-state index is 6.09. The Morgan fingerprint density at radius 2 is 1.85 bits per heavy atom. The molecule has 1 aliphatic rings. The standard InChI is InChI=1S/C22H26N4/c1-16-7-9-18(10-8-16)22-20(12-24-25-22)14-26-13-19(11-23)21(15-26)17-5-3-2-4-6-17/h2-10,12,19,21H,11,13-15,23H2,1H3,(H,24,25)/t19-,21+/m1/s1. The van der Waals surface area contributed by atoms with Gasteiger partial charge in [0.1, 0.15) is 0 Å². The summed E-state index contributed by atoms with van der Waals surface area (Å²) in [7, 11) is 0. The molecular formula is C22H26N4. The molecule has 0 radical (unpaired) electrons. The number of aromatic amines is 1. The second-order valence-electron chi connectivity index (χ2n) is 7.34. The third kappa shape index (κ3) is 3.43. The predicted octanol–water partition coefficient (Wildman–Crippen LogP) is 3.56. The fraction of sp³-hybridized carbons (Fsp3) is 0.318. The molecule has 1 aromatic heterocycles. The largest absolute Gasteiger partial charge is 0.330 e. The zero-order valence-electron chi connectivity index (χ0n) is 15.2. The lowest BCUT2D eigenvalue weighted by molar-refractivity contribution is 0.317. The average molecular weight is 346 g/mol. The maximum Gasteiger partial charge on any atom is 0.0695 e. The summed E-state index contributed by atoms with van der Waals surface area (Å²) < 4.78 is 0. The van der Waals surface area contributed by atoms with Gasteiger partial charge in [0.05, 0.1) is 11.9 Å². The van der Waals surface area contributed by atoms with Crippen LogP contribution in [0.2, 0.25) is 0 Å². The van der Waals surface area contributed by atoms with Gasteiger partial charge < -0.3 is 5.73 Å². The van der Waals surface area contributed by atoms with Gasteiger partial charge in [-0.15, -0.1) is 0 Å². The molecule has 0 amide bonds. The lowest BCUT2D eigenvalue weighted by Crippen LogP contribution is -2.23. The van der Waals surface area contributed by atoms with E-state index in [0.29, 0.717) is 11.8 Å². The topological polar surface area (TPSA) is 57.9 Å². The fourth-order valence-electron chi connectivity index (χ4n) is 4.05. The molecule has 0 bridgehead atoms. The average Bonchev–Trinajstić information content (AvgIpc) is 3.30. The van der Waals surface area contributed by atoms with Crippen molar-refractivity contribution in [3.05, 3.63) is 77.5 Å². The summed E-state index contributed by atoms with van der Waals surface area (Å²) in [5.41, 5.74) is 12.3. The van der Waals surface area contributed by atoms with Gasteiger partial charge in [0, 0.05) is 31.1 Å². The highest BCUT2D eigenvalue weighted by molar-refractivity contribution is 5.62. The van der Waals surface area contributed by atoms with Crippen molar-refractivity contribution in [2.75, 3.05) is 19.6 Å². The number of nitrogens with zero attached hydrogens (tertiary/aromatic N) is 2. The molecule has 1 aliphatic heterocycles. The minimum absolute atomic E-state index is 0.507. The zero-order valence-corrected chi connectivity index (χ0v) is 15.2. The number of benzene rings is 2. The minimum Gasteiger partial charge on any atom is -0.330 e. The van der Waals surface area contributed by atoms with Gasteiger partial charge in [0.2, 0.25) is 0 Å². The van der Waals surface area contributed by atoms with Gasteiger partial charge in [0.25, 0.3) is 0 Å². The summed E-state index contributed by atoms with van der Waals surface area (Å²) >= 11 is 0. The monoisotopic (exact) mass is 346 g/mol. The van der Waals surface area contributed by atoms with E-state index >= 15 is 0 Å². The third-order valence-electron chi connectivity index (χ3n) is 5.50. The molecule has 26 heavy (non-hydrogen) atoms. The summed E-state index contributed by atoms with van der Waals surface area (Å²) in [6.45, 7) is 5.82. The smallest absolute Gasteiger partial charge is 0.0695 e. The molecule has 0 unspecified atom stereocenters. The van der Waals surface area contributed by atoms with E-state index in [1.165, 1.54) is 22.3 Å². The van der Waals surface area contributed by atoms with Crippen molar-refractivity contribution in [3.8, 4) is 11.3 Å². The van der Waals surface area contributed by atoms with Crippen LogP contribution < -0.4 is 5.73 Å². The maximum absolute atomic E-state index is 6.09. The van der Waals surface area contributed by atoms with Gasteiger partial charge in [-0.25, -0.2) is 0 Å². The summed E-state index contributed by atoms with van der Waals surface area (Å²) in [5.74, 6) is 1.02. The first-order valence-electron chi connectivity index (χ1n) is 9.31. The van der Waals surface area contributed by atoms with Gasteiger partial charge in [0.15, 0.2) is 0 Å². The van der Waals surface area contributed by atoms with Crippen molar-refractivity contribution >= 4 is 0 Å². The second-order valence-corrected chi connectivity index (χ2v) is 7.34. The summed E-state index contributed by atoms with van der Waals surface area (Å²) in [6.07, 6.45) is 1.96. The summed E-state index contributed by atoms with van der Waals surface area (Å²) in [6, 6.07) is 19.4. The molecule has 4 rings (SSSR count). The Kier molecular flexibility index (Phi) is 4.87. The van der Waals surface area contributed by atoms with Crippen LogP contribution in [0, 0.1) is 12.8 Å². The highest BCUT2D eigenvalue weighted by Crippen LogP contribution is 2.33. The van der Waals surface area contributed by atoms with Crippen molar-refractivity contribution in [1.82, 2.24) is 15.1 Å². The molecule has 0 aliphatic carbocycles. The minimum atomic E-state index is 0.507. The van der Waals surface area contributed by atoms with Crippen molar-refractivity contribution in [1.29, 1.82) is 0 Å². The van der Waals surface area contributed by atoms with Crippen LogP contribution in [0.3, 0.4) is 0 Å². The molecule has 0 spiro atoms. The molecule has 4 heteroatoms.